The first-order valence-electron chi connectivity index (χ1n) is 7.28. The van der Waals surface area contributed by atoms with Crippen LogP contribution in [0.3, 0.4) is 0 Å². The first kappa shape index (κ1) is 13.7. The molecule has 1 aliphatic rings. The first-order chi connectivity index (χ1) is 9.81. The third-order valence-corrected chi connectivity index (χ3v) is 4.23. The van der Waals surface area contributed by atoms with E-state index in [1.54, 1.807) is 0 Å². The molecular formula is C17H19N2Se. The topological polar surface area (TPSA) is 15.6 Å². The van der Waals surface area contributed by atoms with Crippen molar-refractivity contribution in [1.82, 2.24) is 5.01 Å². The van der Waals surface area contributed by atoms with Gasteiger partial charge in [0.15, 0.2) is 0 Å². The fraction of sp³-hybridized carbons (Fsp3) is 0.353. The van der Waals surface area contributed by atoms with E-state index >= 15 is 0 Å². The van der Waals surface area contributed by atoms with Gasteiger partial charge >= 0.3 is 128 Å². The number of hydrogen-bond acceptors (Lipinski definition) is 2. The molecule has 0 aliphatic carbocycles. The zero-order chi connectivity index (χ0) is 13.8. The molecule has 103 valence electrons. The molecule has 0 bridgehead atoms. The van der Waals surface area contributed by atoms with E-state index in [4.69, 9.17) is 5.10 Å². The Morgan fingerprint density at radius 3 is 2.55 bits per heavy atom. The van der Waals surface area contributed by atoms with E-state index in [0.29, 0.717) is 0 Å². The molecule has 0 unspecified atom stereocenters. The van der Waals surface area contributed by atoms with Crippen molar-refractivity contribution < 1.29 is 0 Å². The van der Waals surface area contributed by atoms with E-state index in [9.17, 15) is 0 Å². The molecule has 1 radical (unpaired) electrons. The Bertz CT molecular complexity index is 615. The number of fused-ring (bicyclic) bond motifs is 1. The summed E-state index contributed by atoms with van der Waals surface area (Å²) in [4.78, 5) is 0. The quantitative estimate of drug-likeness (QED) is 0.622. The van der Waals surface area contributed by atoms with E-state index in [1.165, 1.54) is 35.6 Å². The van der Waals surface area contributed by atoms with E-state index in [0.717, 1.165) is 24.1 Å². The Labute approximate surface area is 128 Å². The molecule has 0 spiro atoms. The van der Waals surface area contributed by atoms with Crippen LogP contribution in [0.1, 0.15) is 24.8 Å². The molecule has 0 N–H and O–H groups in total. The van der Waals surface area contributed by atoms with Gasteiger partial charge in [-0.15, -0.1) is 0 Å². The number of rotatable bonds is 3. The summed E-state index contributed by atoms with van der Waals surface area (Å²) in [6.07, 6.45) is 4.78. The van der Waals surface area contributed by atoms with Gasteiger partial charge in [0.25, 0.3) is 0 Å². The number of nitrogens with zero attached hydrogens (tertiary/aromatic N) is 2. The molecule has 1 heterocycles. The van der Waals surface area contributed by atoms with Crippen LogP contribution in [-0.2, 0) is 6.42 Å². The molecule has 1 fully saturated rings. The SMILES string of the molecule is [Se]/C(Cc1ccc2ccccc2c1)=N\N1CCCCC1. The van der Waals surface area contributed by atoms with Gasteiger partial charge in [-0.2, -0.15) is 0 Å². The van der Waals surface area contributed by atoms with Crippen LogP contribution in [0, 0.1) is 0 Å². The zero-order valence-electron chi connectivity index (χ0n) is 11.6. The average Bonchev–Trinajstić information content (AvgIpc) is 2.48. The van der Waals surface area contributed by atoms with E-state index in [-0.39, 0.29) is 0 Å². The molecule has 2 aromatic carbocycles. The number of hydrazone groups is 1. The molecule has 0 atom stereocenters. The summed E-state index contributed by atoms with van der Waals surface area (Å²) in [5.74, 6) is 0. The second kappa shape index (κ2) is 6.43. The second-order valence-electron chi connectivity index (χ2n) is 5.37. The maximum absolute atomic E-state index is 4.71. The molecule has 2 nitrogen and oxygen atoms in total. The van der Waals surface area contributed by atoms with Crippen molar-refractivity contribution in [2.75, 3.05) is 13.1 Å². The van der Waals surface area contributed by atoms with Gasteiger partial charge in [-0.1, -0.05) is 0 Å². The summed E-state index contributed by atoms with van der Waals surface area (Å²) >= 11 is 3.13. The van der Waals surface area contributed by atoms with Crippen LogP contribution >= 0.6 is 0 Å². The summed E-state index contributed by atoms with van der Waals surface area (Å²) in [7, 11) is 0. The van der Waals surface area contributed by atoms with Gasteiger partial charge in [0.2, 0.25) is 0 Å². The third kappa shape index (κ3) is 3.41. The predicted molar refractivity (Wildman–Crippen MR) is 86.3 cm³/mol. The van der Waals surface area contributed by atoms with Crippen molar-refractivity contribution in [3.63, 3.8) is 0 Å². The Kier molecular flexibility index (Phi) is 4.39. The molecule has 2 aromatic rings. The standard InChI is InChI=1S/C17H19N2Se/c20-17(18-19-10-4-1-5-11-19)13-14-8-9-15-6-2-3-7-16(15)12-14/h2-3,6-9,12H,1,4-5,10-11,13H2/b18-17-. The fourth-order valence-electron chi connectivity index (χ4n) is 2.69. The van der Waals surface area contributed by atoms with Crippen molar-refractivity contribution in [3.05, 3.63) is 48.0 Å². The van der Waals surface area contributed by atoms with Crippen LogP contribution in [0.15, 0.2) is 47.6 Å². The van der Waals surface area contributed by atoms with Crippen LogP contribution in [0.25, 0.3) is 10.8 Å². The summed E-state index contributed by atoms with van der Waals surface area (Å²) in [5, 5.41) is 9.51. The molecular weight excluding hydrogens is 311 g/mol. The second-order valence-corrected chi connectivity index (χ2v) is 6.36. The summed E-state index contributed by atoms with van der Waals surface area (Å²) in [6, 6.07) is 15.1. The van der Waals surface area contributed by atoms with Crippen molar-refractivity contribution >= 4 is 31.4 Å². The van der Waals surface area contributed by atoms with Crippen molar-refractivity contribution in [2.24, 2.45) is 5.10 Å². The molecule has 0 aromatic heterocycles. The van der Waals surface area contributed by atoms with E-state index < -0.39 is 0 Å². The van der Waals surface area contributed by atoms with Crippen LogP contribution in [0.4, 0.5) is 0 Å². The van der Waals surface area contributed by atoms with Crippen molar-refractivity contribution in [2.45, 2.75) is 25.7 Å². The van der Waals surface area contributed by atoms with Gasteiger partial charge < -0.3 is 0 Å². The maximum atomic E-state index is 4.71. The first-order valence-corrected chi connectivity index (χ1v) is 8.14. The average molecular weight is 330 g/mol. The van der Waals surface area contributed by atoms with Crippen molar-refractivity contribution in [1.29, 1.82) is 0 Å². The molecule has 3 rings (SSSR count). The van der Waals surface area contributed by atoms with Gasteiger partial charge in [0.1, 0.15) is 0 Å². The zero-order valence-corrected chi connectivity index (χ0v) is 13.3. The van der Waals surface area contributed by atoms with Gasteiger partial charge in [-0.05, 0) is 0 Å². The summed E-state index contributed by atoms with van der Waals surface area (Å²) < 4.78 is 1.09. The van der Waals surface area contributed by atoms with Crippen LogP contribution in [-0.4, -0.2) is 38.7 Å². The minimum absolute atomic E-state index is 0.890. The van der Waals surface area contributed by atoms with Gasteiger partial charge in [0, 0.05) is 0 Å². The minimum atomic E-state index is 0.890. The van der Waals surface area contributed by atoms with Crippen LogP contribution in [0.5, 0.6) is 0 Å². The number of benzene rings is 2. The van der Waals surface area contributed by atoms with E-state index in [1.807, 2.05) is 0 Å². The third-order valence-electron chi connectivity index (χ3n) is 3.75. The van der Waals surface area contributed by atoms with Gasteiger partial charge in [-0.25, -0.2) is 0 Å². The summed E-state index contributed by atoms with van der Waals surface area (Å²) in [6.45, 7) is 2.20. The van der Waals surface area contributed by atoms with Gasteiger partial charge in [0.05, 0.1) is 0 Å². The predicted octanol–water partition coefficient (Wildman–Crippen LogP) is 3.35. The van der Waals surface area contributed by atoms with Crippen LogP contribution in [0.2, 0.25) is 0 Å². The molecule has 0 saturated carbocycles. The Morgan fingerprint density at radius 2 is 1.75 bits per heavy atom. The fourth-order valence-corrected chi connectivity index (χ4v) is 3.29. The van der Waals surface area contributed by atoms with Crippen molar-refractivity contribution in [3.8, 4) is 0 Å². The Morgan fingerprint density at radius 1 is 1.00 bits per heavy atom. The molecule has 20 heavy (non-hydrogen) atoms. The Balaban J connectivity index is 1.73. The summed E-state index contributed by atoms with van der Waals surface area (Å²) in [5.41, 5.74) is 1.32. The molecule has 1 aliphatic heterocycles. The number of piperidine rings is 1. The molecule has 1 saturated heterocycles. The Hall–Kier alpha value is -1.31. The number of hydrogen-bond donors (Lipinski definition) is 0. The normalized spacial score (nSPS) is 16.6. The molecule has 3 heteroatoms. The molecule has 0 amide bonds. The van der Waals surface area contributed by atoms with Crippen LogP contribution < -0.4 is 0 Å². The van der Waals surface area contributed by atoms with Gasteiger partial charge in [-0.3, -0.25) is 0 Å². The van der Waals surface area contributed by atoms with E-state index in [2.05, 4.69) is 63.5 Å². The monoisotopic (exact) mass is 331 g/mol.